The summed E-state index contributed by atoms with van der Waals surface area (Å²) >= 11 is 3.14. The molecule has 1 aliphatic heterocycles. The Kier molecular flexibility index (Phi) is 7.20. The van der Waals surface area contributed by atoms with E-state index >= 15 is 0 Å². The molecule has 1 aliphatic rings. The van der Waals surface area contributed by atoms with Crippen molar-refractivity contribution in [3.63, 3.8) is 0 Å². The number of rotatable bonds is 7. The van der Waals surface area contributed by atoms with Crippen molar-refractivity contribution in [2.24, 2.45) is 5.92 Å². The fraction of sp³-hybridized carbons (Fsp3) is 0.667. The molecule has 0 radical (unpaired) electrons. The summed E-state index contributed by atoms with van der Waals surface area (Å²) in [4.78, 5) is 36.8. The van der Waals surface area contributed by atoms with E-state index in [1.165, 1.54) is 23.1 Å². The Morgan fingerprint density at radius 1 is 1.43 bits per heavy atom. The molecule has 3 rings (SSSR count). The largest absolute Gasteiger partial charge is 0.339 e. The first-order valence-electron chi connectivity index (χ1n) is 10.3. The molecular weight excluding hydrogens is 390 g/mol. The number of carbonyl (C=O) groups is 1. The molecule has 28 heavy (non-hydrogen) atoms. The Hall–Kier alpha value is -1.34. The lowest BCUT2D eigenvalue weighted by atomic mass is 9.98. The van der Waals surface area contributed by atoms with Crippen molar-refractivity contribution in [3.8, 4) is 0 Å². The lowest BCUT2D eigenvalue weighted by Crippen LogP contribution is -2.42. The highest BCUT2D eigenvalue weighted by molar-refractivity contribution is 7.99. The van der Waals surface area contributed by atoms with Crippen LogP contribution in [0.25, 0.3) is 10.2 Å². The van der Waals surface area contributed by atoms with Gasteiger partial charge in [-0.05, 0) is 51.0 Å². The van der Waals surface area contributed by atoms with Crippen LogP contribution in [0, 0.1) is 12.8 Å². The smallest absolute Gasteiger partial charge is 0.259 e. The molecule has 0 saturated carbocycles. The zero-order valence-electron chi connectivity index (χ0n) is 17.3. The first-order valence-corrected chi connectivity index (χ1v) is 12.3. The molecule has 2 aromatic heterocycles. The molecule has 1 amide bonds. The van der Waals surface area contributed by atoms with Gasteiger partial charge < -0.3 is 9.88 Å². The molecule has 0 aliphatic carbocycles. The topological polar surface area (TPSA) is 66.1 Å². The SMILES string of the molecule is CC[C@H](C)Cc1c(C)sc2nc(CSCC(=O)N3CCCC[C@H]3C)[nH]c(=O)c12. The first kappa shape index (κ1) is 21.4. The predicted octanol–water partition coefficient (Wildman–Crippen LogP) is 4.52. The normalized spacial score (nSPS) is 18.6. The first-order chi connectivity index (χ1) is 13.4. The molecule has 1 fully saturated rings. The van der Waals surface area contributed by atoms with Crippen LogP contribution in [0.2, 0.25) is 0 Å². The summed E-state index contributed by atoms with van der Waals surface area (Å²) in [6, 6.07) is 0.342. The van der Waals surface area contributed by atoms with Crippen LogP contribution in [0.1, 0.15) is 62.7 Å². The quantitative estimate of drug-likeness (QED) is 0.714. The van der Waals surface area contributed by atoms with E-state index in [2.05, 4.69) is 32.7 Å². The molecule has 5 nitrogen and oxygen atoms in total. The van der Waals surface area contributed by atoms with Gasteiger partial charge in [-0.1, -0.05) is 20.3 Å². The van der Waals surface area contributed by atoms with E-state index in [1.54, 1.807) is 11.3 Å². The number of fused-ring (bicyclic) bond motifs is 1. The van der Waals surface area contributed by atoms with Gasteiger partial charge in [-0.25, -0.2) is 4.98 Å². The lowest BCUT2D eigenvalue weighted by molar-refractivity contribution is -0.131. The number of aromatic nitrogens is 2. The van der Waals surface area contributed by atoms with Gasteiger partial charge in [-0.3, -0.25) is 9.59 Å². The molecular formula is C21H31N3O2S2. The van der Waals surface area contributed by atoms with Crippen molar-refractivity contribution < 1.29 is 4.79 Å². The van der Waals surface area contributed by atoms with Gasteiger partial charge in [0.05, 0.1) is 16.9 Å². The summed E-state index contributed by atoms with van der Waals surface area (Å²) < 4.78 is 0. The molecule has 0 bridgehead atoms. The van der Waals surface area contributed by atoms with E-state index in [1.807, 2.05) is 4.90 Å². The number of aryl methyl sites for hydroxylation is 1. The molecule has 154 valence electrons. The predicted molar refractivity (Wildman–Crippen MR) is 119 cm³/mol. The number of likely N-dealkylation sites (tertiary alicyclic amines) is 1. The van der Waals surface area contributed by atoms with Crippen LogP contribution in [0.4, 0.5) is 0 Å². The molecule has 2 atom stereocenters. The van der Waals surface area contributed by atoms with E-state index in [0.717, 1.165) is 48.0 Å². The molecule has 3 heterocycles. The Morgan fingerprint density at radius 3 is 2.93 bits per heavy atom. The number of hydrogen-bond acceptors (Lipinski definition) is 5. The van der Waals surface area contributed by atoms with Crippen molar-refractivity contribution >= 4 is 39.2 Å². The molecule has 0 spiro atoms. The number of aromatic amines is 1. The number of piperidine rings is 1. The van der Waals surface area contributed by atoms with E-state index < -0.39 is 0 Å². The van der Waals surface area contributed by atoms with Crippen LogP contribution in [0.5, 0.6) is 0 Å². The number of hydrogen-bond donors (Lipinski definition) is 1. The zero-order valence-corrected chi connectivity index (χ0v) is 19.0. The maximum absolute atomic E-state index is 12.7. The Balaban J connectivity index is 1.67. The third kappa shape index (κ3) is 4.79. The molecule has 0 aromatic carbocycles. The summed E-state index contributed by atoms with van der Waals surface area (Å²) in [5.74, 6) is 2.40. The van der Waals surface area contributed by atoms with Crippen LogP contribution in [-0.2, 0) is 17.0 Å². The molecule has 7 heteroatoms. The van der Waals surface area contributed by atoms with Gasteiger partial charge in [0.15, 0.2) is 0 Å². The van der Waals surface area contributed by atoms with E-state index in [4.69, 9.17) is 4.98 Å². The molecule has 0 unspecified atom stereocenters. The minimum absolute atomic E-state index is 0.0424. The molecule has 2 aromatic rings. The van der Waals surface area contributed by atoms with Gasteiger partial charge in [-0.15, -0.1) is 23.1 Å². The minimum Gasteiger partial charge on any atom is -0.339 e. The highest BCUT2D eigenvalue weighted by Crippen LogP contribution is 2.30. The van der Waals surface area contributed by atoms with Crippen LogP contribution in [-0.4, -0.2) is 39.1 Å². The Bertz CT molecular complexity index is 890. The third-order valence-corrected chi connectivity index (χ3v) is 7.72. The summed E-state index contributed by atoms with van der Waals surface area (Å²) in [7, 11) is 0. The summed E-state index contributed by atoms with van der Waals surface area (Å²) in [5.41, 5.74) is 1.11. The highest BCUT2D eigenvalue weighted by atomic mass is 32.2. The number of nitrogens with one attached hydrogen (secondary N) is 1. The van der Waals surface area contributed by atoms with E-state index in [-0.39, 0.29) is 11.5 Å². The second-order valence-corrected chi connectivity index (χ2v) is 10.2. The number of thioether (sulfide) groups is 1. The van der Waals surface area contributed by atoms with Crippen LogP contribution in [0.3, 0.4) is 0 Å². The van der Waals surface area contributed by atoms with Gasteiger partial charge in [-0.2, -0.15) is 0 Å². The van der Waals surface area contributed by atoms with Gasteiger partial charge in [0.1, 0.15) is 10.7 Å². The van der Waals surface area contributed by atoms with Crippen LogP contribution in [0.15, 0.2) is 4.79 Å². The maximum Gasteiger partial charge on any atom is 0.259 e. The summed E-state index contributed by atoms with van der Waals surface area (Å²) in [5, 5.41) is 0.759. The molecule has 1 saturated heterocycles. The zero-order chi connectivity index (χ0) is 20.3. The number of thiophene rings is 1. The van der Waals surface area contributed by atoms with Crippen molar-refractivity contribution in [2.75, 3.05) is 12.3 Å². The van der Waals surface area contributed by atoms with Crippen molar-refractivity contribution in [1.29, 1.82) is 0 Å². The molecule has 1 N–H and O–H groups in total. The van der Waals surface area contributed by atoms with Crippen LogP contribution < -0.4 is 5.56 Å². The average molecular weight is 422 g/mol. The van der Waals surface area contributed by atoms with Crippen molar-refractivity contribution in [3.05, 3.63) is 26.6 Å². The van der Waals surface area contributed by atoms with Gasteiger partial charge in [0.2, 0.25) is 5.91 Å². The standard InChI is InChI=1S/C21H31N3O2S2/c1-5-13(2)10-16-15(4)28-21-19(16)20(26)22-17(23-21)11-27-12-18(25)24-9-7-6-8-14(24)3/h13-14H,5-12H2,1-4H3,(H,22,23,26)/t13-,14+/m0/s1. The Labute approximate surface area is 175 Å². The fourth-order valence-electron chi connectivity index (χ4n) is 3.81. The number of carbonyl (C=O) groups excluding carboxylic acids is 1. The Morgan fingerprint density at radius 2 is 2.21 bits per heavy atom. The number of H-pyrrole nitrogens is 1. The third-order valence-electron chi connectivity index (χ3n) is 5.75. The monoisotopic (exact) mass is 421 g/mol. The lowest BCUT2D eigenvalue weighted by Gasteiger charge is -2.33. The second-order valence-electron chi connectivity index (χ2n) is 7.97. The number of nitrogens with zero attached hydrogens (tertiary/aromatic N) is 2. The van der Waals surface area contributed by atoms with E-state index in [0.29, 0.717) is 29.3 Å². The highest BCUT2D eigenvalue weighted by Gasteiger charge is 2.23. The van der Waals surface area contributed by atoms with E-state index in [9.17, 15) is 9.59 Å². The number of amides is 1. The van der Waals surface area contributed by atoms with Crippen molar-refractivity contribution in [1.82, 2.24) is 14.9 Å². The average Bonchev–Trinajstić information content (AvgIpc) is 2.97. The van der Waals surface area contributed by atoms with Crippen LogP contribution >= 0.6 is 23.1 Å². The van der Waals surface area contributed by atoms with Crippen molar-refractivity contribution in [2.45, 2.75) is 71.6 Å². The minimum atomic E-state index is -0.0424. The second kappa shape index (κ2) is 9.44. The van der Waals surface area contributed by atoms with Gasteiger partial charge in [0.25, 0.3) is 5.56 Å². The fourth-order valence-corrected chi connectivity index (χ4v) is 5.66. The van der Waals surface area contributed by atoms with Gasteiger partial charge >= 0.3 is 0 Å². The van der Waals surface area contributed by atoms with Gasteiger partial charge in [0, 0.05) is 17.5 Å². The summed E-state index contributed by atoms with van der Waals surface area (Å²) in [6.45, 7) is 9.48. The summed E-state index contributed by atoms with van der Waals surface area (Å²) in [6.07, 6.45) is 5.42. The maximum atomic E-state index is 12.7.